The molecule has 1 heterocycles. The number of aryl methyl sites for hydroxylation is 2. The van der Waals surface area contributed by atoms with Crippen molar-refractivity contribution in [2.75, 3.05) is 13.2 Å². The zero-order valence-corrected chi connectivity index (χ0v) is 12.4. The summed E-state index contributed by atoms with van der Waals surface area (Å²) in [4.78, 5) is 12.2. The molecule has 1 aliphatic heterocycles. The number of rotatable bonds is 4. The number of benzene rings is 1. The highest BCUT2D eigenvalue weighted by molar-refractivity contribution is 5.82. The zero-order chi connectivity index (χ0) is 14.8. The molecular formula is C16H23NO3. The normalized spacial score (nSPS) is 21.5. The molecule has 2 atom stereocenters. The van der Waals surface area contributed by atoms with Gasteiger partial charge in [-0.2, -0.15) is 0 Å². The van der Waals surface area contributed by atoms with E-state index in [0.29, 0.717) is 6.61 Å². The molecule has 1 aliphatic rings. The van der Waals surface area contributed by atoms with Crippen LogP contribution in [0.2, 0.25) is 0 Å². The highest BCUT2D eigenvalue weighted by Crippen LogP contribution is 2.24. The summed E-state index contributed by atoms with van der Waals surface area (Å²) in [6.07, 6.45) is 1.28. The molecule has 0 bridgehead atoms. The summed E-state index contributed by atoms with van der Waals surface area (Å²) >= 11 is 0. The Morgan fingerprint density at radius 2 is 2.20 bits per heavy atom. The van der Waals surface area contributed by atoms with Crippen LogP contribution in [0.4, 0.5) is 0 Å². The lowest BCUT2D eigenvalue weighted by molar-refractivity contribution is -0.132. The van der Waals surface area contributed by atoms with Crippen molar-refractivity contribution in [2.24, 2.45) is 0 Å². The minimum Gasteiger partial charge on any atom is -0.394 e. The fourth-order valence-corrected chi connectivity index (χ4v) is 2.42. The van der Waals surface area contributed by atoms with Crippen molar-refractivity contribution in [1.29, 1.82) is 0 Å². The second-order valence-electron chi connectivity index (χ2n) is 5.78. The summed E-state index contributed by atoms with van der Waals surface area (Å²) in [6, 6.07) is 5.98. The van der Waals surface area contributed by atoms with Gasteiger partial charge in [-0.3, -0.25) is 4.79 Å². The maximum absolute atomic E-state index is 12.2. The molecule has 1 aromatic carbocycles. The Bertz CT molecular complexity index is 494. The van der Waals surface area contributed by atoms with Gasteiger partial charge < -0.3 is 15.2 Å². The van der Waals surface area contributed by atoms with Gasteiger partial charge in [-0.1, -0.05) is 18.2 Å². The van der Waals surface area contributed by atoms with E-state index in [2.05, 4.69) is 5.32 Å². The molecular weight excluding hydrogens is 254 g/mol. The smallest absolute Gasteiger partial charge is 0.249 e. The second kappa shape index (κ2) is 5.94. The second-order valence-corrected chi connectivity index (χ2v) is 5.78. The maximum atomic E-state index is 12.2. The number of carbonyl (C=O) groups is 1. The van der Waals surface area contributed by atoms with Crippen LogP contribution in [0.5, 0.6) is 0 Å². The number of aliphatic hydroxyl groups is 1. The summed E-state index contributed by atoms with van der Waals surface area (Å²) in [5.41, 5.74) is 2.48. The molecule has 110 valence electrons. The van der Waals surface area contributed by atoms with Crippen LogP contribution in [-0.2, 0) is 15.1 Å². The molecule has 0 aromatic heterocycles. The Morgan fingerprint density at radius 1 is 1.45 bits per heavy atom. The third-order valence-corrected chi connectivity index (χ3v) is 4.08. The van der Waals surface area contributed by atoms with Crippen molar-refractivity contribution in [1.82, 2.24) is 5.32 Å². The van der Waals surface area contributed by atoms with Crippen LogP contribution in [0, 0.1) is 13.8 Å². The first-order valence-electron chi connectivity index (χ1n) is 7.08. The maximum Gasteiger partial charge on any atom is 0.249 e. The molecule has 4 heteroatoms. The molecule has 0 aliphatic carbocycles. The summed E-state index contributed by atoms with van der Waals surface area (Å²) in [6.45, 7) is 6.40. The van der Waals surface area contributed by atoms with Gasteiger partial charge in [-0.05, 0) is 50.3 Å². The number of carbonyl (C=O) groups excluding carboxylic acids is 1. The van der Waals surface area contributed by atoms with E-state index in [9.17, 15) is 9.90 Å². The van der Waals surface area contributed by atoms with Crippen molar-refractivity contribution in [2.45, 2.75) is 45.3 Å². The van der Waals surface area contributed by atoms with Gasteiger partial charge >= 0.3 is 0 Å². The Morgan fingerprint density at radius 3 is 2.75 bits per heavy atom. The van der Waals surface area contributed by atoms with Crippen LogP contribution in [0.15, 0.2) is 18.2 Å². The molecule has 1 saturated heterocycles. The van der Waals surface area contributed by atoms with Crippen molar-refractivity contribution in [3.05, 3.63) is 34.9 Å². The summed E-state index contributed by atoms with van der Waals surface area (Å²) in [7, 11) is 0. The average Bonchev–Trinajstić information content (AvgIpc) is 2.95. The molecule has 0 saturated carbocycles. The average molecular weight is 277 g/mol. The van der Waals surface area contributed by atoms with Gasteiger partial charge in [0.15, 0.2) is 0 Å². The van der Waals surface area contributed by atoms with Gasteiger partial charge in [0.05, 0.1) is 12.1 Å². The molecule has 2 N–H and O–H groups in total. The summed E-state index contributed by atoms with van der Waals surface area (Å²) in [5.74, 6) is -0.141. The van der Waals surface area contributed by atoms with E-state index >= 15 is 0 Å². The van der Waals surface area contributed by atoms with E-state index in [1.54, 1.807) is 0 Å². The van der Waals surface area contributed by atoms with Crippen LogP contribution in [0.25, 0.3) is 0 Å². The van der Waals surface area contributed by atoms with Crippen molar-refractivity contribution in [3.8, 4) is 0 Å². The largest absolute Gasteiger partial charge is 0.394 e. The lowest BCUT2D eigenvalue weighted by Gasteiger charge is -2.31. The van der Waals surface area contributed by atoms with E-state index in [0.717, 1.165) is 24.0 Å². The van der Waals surface area contributed by atoms with Crippen molar-refractivity contribution < 1.29 is 14.6 Å². The Balaban J connectivity index is 2.19. The van der Waals surface area contributed by atoms with Crippen LogP contribution < -0.4 is 5.32 Å². The van der Waals surface area contributed by atoms with Crippen molar-refractivity contribution in [3.63, 3.8) is 0 Å². The van der Waals surface area contributed by atoms with Crippen LogP contribution in [0.1, 0.15) is 36.5 Å². The molecule has 1 fully saturated rings. The molecule has 1 amide bonds. The van der Waals surface area contributed by atoms with Crippen LogP contribution in [-0.4, -0.2) is 30.3 Å². The first-order valence-corrected chi connectivity index (χ1v) is 7.08. The lowest BCUT2D eigenvalue weighted by atomic mass is 9.90. The first kappa shape index (κ1) is 15.0. The molecule has 20 heavy (non-hydrogen) atoms. The third-order valence-electron chi connectivity index (χ3n) is 4.08. The summed E-state index contributed by atoms with van der Waals surface area (Å²) < 4.78 is 5.39. The molecule has 0 radical (unpaired) electrons. The van der Waals surface area contributed by atoms with Gasteiger partial charge in [0.25, 0.3) is 0 Å². The molecule has 1 aromatic rings. The Labute approximate surface area is 120 Å². The molecule has 4 nitrogen and oxygen atoms in total. The number of ether oxygens (including phenoxy) is 1. The predicted molar refractivity (Wildman–Crippen MR) is 77.5 cm³/mol. The lowest BCUT2D eigenvalue weighted by Crippen LogP contribution is -2.49. The molecule has 2 rings (SSSR count). The van der Waals surface area contributed by atoms with Gasteiger partial charge in [-0.15, -0.1) is 0 Å². The number of aliphatic hydroxyl groups excluding tert-OH is 1. The van der Waals surface area contributed by atoms with Crippen LogP contribution >= 0.6 is 0 Å². The van der Waals surface area contributed by atoms with E-state index in [-0.39, 0.29) is 18.6 Å². The fraction of sp³-hybridized carbons (Fsp3) is 0.562. The monoisotopic (exact) mass is 277 g/mol. The van der Waals surface area contributed by atoms with Gasteiger partial charge in [0.2, 0.25) is 5.91 Å². The predicted octanol–water partition coefficient (Wildman–Crippen LogP) is 1.81. The minimum absolute atomic E-state index is 0.141. The Hall–Kier alpha value is -1.39. The Kier molecular flexibility index (Phi) is 4.45. The number of amides is 1. The SMILES string of the molecule is Cc1ccc(C(C)(CO)NC(=O)C2CCCO2)cc1C. The number of hydrogen-bond acceptors (Lipinski definition) is 3. The third kappa shape index (κ3) is 3.02. The van der Waals surface area contributed by atoms with E-state index < -0.39 is 5.54 Å². The highest BCUT2D eigenvalue weighted by Gasteiger charge is 2.32. The van der Waals surface area contributed by atoms with Gasteiger partial charge in [-0.25, -0.2) is 0 Å². The zero-order valence-electron chi connectivity index (χ0n) is 12.4. The van der Waals surface area contributed by atoms with E-state index in [4.69, 9.17) is 4.74 Å². The van der Waals surface area contributed by atoms with Gasteiger partial charge in [0, 0.05) is 6.61 Å². The van der Waals surface area contributed by atoms with E-state index in [1.165, 1.54) is 5.56 Å². The topological polar surface area (TPSA) is 58.6 Å². The van der Waals surface area contributed by atoms with Crippen molar-refractivity contribution >= 4 is 5.91 Å². The van der Waals surface area contributed by atoms with Gasteiger partial charge in [0.1, 0.15) is 6.10 Å². The standard InChI is InChI=1S/C16H23NO3/c1-11-6-7-13(9-12(11)2)16(3,10-18)17-15(19)14-5-4-8-20-14/h6-7,9,14,18H,4-5,8,10H2,1-3H3,(H,17,19). The van der Waals surface area contributed by atoms with Crippen LogP contribution in [0.3, 0.4) is 0 Å². The molecule has 2 unspecified atom stereocenters. The van der Waals surface area contributed by atoms with E-state index in [1.807, 2.05) is 39.0 Å². The molecule has 0 spiro atoms. The fourth-order valence-electron chi connectivity index (χ4n) is 2.42. The quantitative estimate of drug-likeness (QED) is 0.882. The number of hydrogen-bond donors (Lipinski definition) is 2. The number of nitrogens with one attached hydrogen (secondary N) is 1. The summed E-state index contributed by atoms with van der Waals surface area (Å²) in [5, 5.41) is 12.7. The first-order chi connectivity index (χ1) is 9.46. The minimum atomic E-state index is -0.776. The highest BCUT2D eigenvalue weighted by atomic mass is 16.5.